The number of rotatable bonds is 5. The summed E-state index contributed by atoms with van der Waals surface area (Å²) in [6, 6.07) is 12.2. The highest BCUT2D eigenvalue weighted by atomic mass is 16.5. The first-order valence-corrected chi connectivity index (χ1v) is 10.9. The third-order valence-electron chi connectivity index (χ3n) is 6.06. The quantitative estimate of drug-likeness (QED) is 0.384. The van der Waals surface area contributed by atoms with Gasteiger partial charge in [0.05, 0.1) is 54.8 Å². The number of nitrogens with zero attached hydrogens (tertiary/aromatic N) is 5. The van der Waals surface area contributed by atoms with Crippen LogP contribution in [-0.2, 0) is 11.3 Å². The summed E-state index contributed by atoms with van der Waals surface area (Å²) >= 11 is 0. The van der Waals surface area contributed by atoms with E-state index in [1.807, 2.05) is 47.1 Å². The molecular formula is C24H23N7O2. The molecule has 0 bridgehead atoms. The highest BCUT2D eigenvalue weighted by Gasteiger charge is 2.16. The largest absolute Gasteiger partial charge is 0.390 e. The lowest BCUT2D eigenvalue weighted by Gasteiger charge is -2.28. The molecule has 0 aliphatic carbocycles. The Morgan fingerprint density at radius 1 is 1.06 bits per heavy atom. The molecule has 1 aromatic carbocycles. The molecule has 1 saturated heterocycles. The van der Waals surface area contributed by atoms with Crippen molar-refractivity contribution in [3.63, 3.8) is 0 Å². The lowest BCUT2D eigenvalue weighted by atomic mass is 10.0. The number of hydrogen-bond acceptors (Lipinski definition) is 7. The van der Waals surface area contributed by atoms with Gasteiger partial charge in [-0.2, -0.15) is 5.10 Å². The van der Waals surface area contributed by atoms with Crippen molar-refractivity contribution in [1.29, 1.82) is 0 Å². The smallest absolute Gasteiger partial charge is 0.160 e. The Labute approximate surface area is 189 Å². The molecule has 9 nitrogen and oxygen atoms in total. The monoisotopic (exact) mass is 441 g/mol. The Kier molecular flexibility index (Phi) is 4.89. The number of hydrogen-bond donors (Lipinski definition) is 3. The fourth-order valence-electron chi connectivity index (χ4n) is 4.36. The predicted octanol–water partition coefficient (Wildman–Crippen LogP) is 3.35. The van der Waals surface area contributed by atoms with Crippen LogP contribution in [0.4, 0.5) is 17.2 Å². The summed E-state index contributed by atoms with van der Waals surface area (Å²) in [5.74, 6) is 0.726. The fourth-order valence-corrected chi connectivity index (χ4v) is 4.36. The molecule has 6 rings (SSSR count). The molecule has 1 fully saturated rings. The van der Waals surface area contributed by atoms with E-state index in [0.717, 1.165) is 76.9 Å². The minimum Gasteiger partial charge on any atom is -0.390 e. The molecule has 9 heteroatoms. The zero-order valence-corrected chi connectivity index (χ0v) is 17.9. The average Bonchev–Trinajstić information content (AvgIpc) is 3.54. The maximum Gasteiger partial charge on any atom is 0.160 e. The lowest BCUT2D eigenvalue weighted by Crippen LogP contribution is -2.36. The molecule has 0 radical (unpaired) electrons. The number of imidazole rings is 1. The summed E-state index contributed by atoms with van der Waals surface area (Å²) < 4.78 is 7.35. The number of ether oxygens (including phenoxy) is 1. The Morgan fingerprint density at radius 3 is 2.79 bits per heavy atom. The van der Waals surface area contributed by atoms with E-state index in [1.54, 1.807) is 12.4 Å². The highest BCUT2D eigenvalue weighted by molar-refractivity contribution is 5.87. The lowest BCUT2D eigenvalue weighted by molar-refractivity contribution is 0.122. The number of anilines is 3. The number of fused-ring (bicyclic) bond motifs is 2. The molecule has 0 amide bonds. The van der Waals surface area contributed by atoms with Gasteiger partial charge >= 0.3 is 0 Å². The van der Waals surface area contributed by atoms with Crippen molar-refractivity contribution in [2.75, 3.05) is 36.5 Å². The van der Waals surface area contributed by atoms with Crippen LogP contribution in [0.1, 0.15) is 5.69 Å². The molecule has 0 saturated carbocycles. The number of morpholine rings is 1. The average molecular weight is 441 g/mol. The van der Waals surface area contributed by atoms with E-state index in [0.29, 0.717) is 0 Å². The number of aromatic amines is 1. The van der Waals surface area contributed by atoms with Crippen LogP contribution in [0, 0.1) is 0 Å². The van der Waals surface area contributed by atoms with Crippen LogP contribution in [-0.4, -0.2) is 56.0 Å². The summed E-state index contributed by atoms with van der Waals surface area (Å²) in [7, 11) is 0. The van der Waals surface area contributed by atoms with Gasteiger partial charge in [0.15, 0.2) is 5.65 Å². The second-order valence-electron chi connectivity index (χ2n) is 8.00. The number of benzene rings is 1. The van der Waals surface area contributed by atoms with Gasteiger partial charge in [-0.25, -0.2) is 9.97 Å². The summed E-state index contributed by atoms with van der Waals surface area (Å²) in [5, 5.41) is 21.8. The Hall–Kier alpha value is -3.95. The van der Waals surface area contributed by atoms with Crippen LogP contribution in [0.2, 0.25) is 0 Å². The molecule has 0 atom stereocenters. The molecular weight excluding hydrogens is 418 g/mol. The van der Waals surface area contributed by atoms with Gasteiger partial charge in [-0.3, -0.25) is 9.50 Å². The van der Waals surface area contributed by atoms with Gasteiger partial charge < -0.3 is 20.1 Å². The van der Waals surface area contributed by atoms with Crippen molar-refractivity contribution in [2.24, 2.45) is 0 Å². The molecule has 33 heavy (non-hydrogen) atoms. The molecule has 1 aliphatic rings. The van der Waals surface area contributed by atoms with E-state index in [4.69, 9.17) is 4.74 Å². The SMILES string of the molecule is OCc1c(-c2ccc3cn[nH]c3c2)cc(Nc2ccc(N3CCOCC3)cn2)c2nccn12. The molecule has 166 valence electrons. The number of H-pyrrole nitrogens is 1. The van der Waals surface area contributed by atoms with Crippen molar-refractivity contribution in [3.05, 3.63) is 66.9 Å². The summed E-state index contributed by atoms with van der Waals surface area (Å²) in [6.45, 7) is 3.10. The minimum absolute atomic E-state index is 0.115. The van der Waals surface area contributed by atoms with Crippen molar-refractivity contribution >= 4 is 33.7 Å². The third-order valence-corrected chi connectivity index (χ3v) is 6.06. The summed E-state index contributed by atoms with van der Waals surface area (Å²) in [4.78, 5) is 11.4. The molecule has 0 unspecified atom stereocenters. The van der Waals surface area contributed by atoms with E-state index in [9.17, 15) is 5.11 Å². The van der Waals surface area contributed by atoms with Crippen LogP contribution in [0.15, 0.2) is 61.2 Å². The zero-order valence-electron chi connectivity index (χ0n) is 17.9. The molecule has 1 aliphatic heterocycles. The summed E-state index contributed by atoms with van der Waals surface area (Å²) in [5.41, 5.74) is 6.21. The molecule has 0 spiro atoms. The number of nitrogens with one attached hydrogen (secondary N) is 2. The van der Waals surface area contributed by atoms with Crippen LogP contribution >= 0.6 is 0 Å². The Morgan fingerprint density at radius 2 is 1.97 bits per heavy atom. The number of aliphatic hydroxyl groups is 1. The van der Waals surface area contributed by atoms with E-state index in [2.05, 4.69) is 36.4 Å². The first-order valence-electron chi connectivity index (χ1n) is 10.9. The van der Waals surface area contributed by atoms with Crippen LogP contribution in [0.25, 0.3) is 27.7 Å². The second-order valence-corrected chi connectivity index (χ2v) is 8.00. The van der Waals surface area contributed by atoms with Crippen LogP contribution < -0.4 is 10.2 Å². The molecule has 5 heterocycles. The van der Waals surface area contributed by atoms with Crippen molar-refractivity contribution in [1.82, 2.24) is 24.6 Å². The van der Waals surface area contributed by atoms with E-state index >= 15 is 0 Å². The Bertz CT molecular complexity index is 1420. The van der Waals surface area contributed by atoms with Crippen molar-refractivity contribution in [3.8, 4) is 11.1 Å². The normalized spacial score (nSPS) is 14.3. The maximum absolute atomic E-state index is 10.2. The van der Waals surface area contributed by atoms with E-state index in [-0.39, 0.29) is 6.61 Å². The number of aromatic nitrogens is 5. The first-order chi connectivity index (χ1) is 16.3. The molecule has 5 aromatic rings. The van der Waals surface area contributed by atoms with E-state index in [1.165, 1.54) is 0 Å². The number of pyridine rings is 2. The van der Waals surface area contributed by atoms with Crippen LogP contribution in [0.5, 0.6) is 0 Å². The second kappa shape index (κ2) is 8.19. The van der Waals surface area contributed by atoms with Crippen LogP contribution in [0.3, 0.4) is 0 Å². The van der Waals surface area contributed by atoms with Gasteiger partial charge in [0.1, 0.15) is 5.82 Å². The zero-order chi connectivity index (χ0) is 22.2. The van der Waals surface area contributed by atoms with Gasteiger partial charge in [0.2, 0.25) is 0 Å². The third kappa shape index (κ3) is 3.57. The maximum atomic E-state index is 10.2. The number of aliphatic hydroxyl groups excluding tert-OH is 1. The van der Waals surface area contributed by atoms with Gasteiger partial charge in [-0.15, -0.1) is 0 Å². The predicted molar refractivity (Wildman–Crippen MR) is 127 cm³/mol. The standard InChI is InChI=1S/C24H23N7O2/c32-15-22-19(16-1-2-17-13-27-29-20(17)11-16)12-21(24-25-5-6-31(22)24)28-23-4-3-18(14-26-23)30-7-9-33-10-8-30/h1-6,11-14,32H,7-10,15H2,(H,26,28)(H,27,29). The molecule has 3 N–H and O–H groups in total. The highest BCUT2D eigenvalue weighted by Crippen LogP contribution is 2.33. The Balaban J connectivity index is 1.39. The minimum atomic E-state index is -0.115. The fraction of sp³-hybridized carbons (Fsp3) is 0.208. The van der Waals surface area contributed by atoms with E-state index < -0.39 is 0 Å². The summed E-state index contributed by atoms with van der Waals surface area (Å²) in [6.07, 6.45) is 7.27. The first kappa shape index (κ1) is 19.7. The van der Waals surface area contributed by atoms with Crippen molar-refractivity contribution < 1.29 is 9.84 Å². The van der Waals surface area contributed by atoms with Gasteiger partial charge in [0.25, 0.3) is 0 Å². The van der Waals surface area contributed by atoms with Gasteiger partial charge in [-0.05, 0) is 29.8 Å². The van der Waals surface area contributed by atoms with Crippen molar-refractivity contribution in [2.45, 2.75) is 6.61 Å². The van der Waals surface area contributed by atoms with Gasteiger partial charge in [-0.1, -0.05) is 12.1 Å². The topological polar surface area (TPSA) is 104 Å². The van der Waals surface area contributed by atoms with Gasteiger partial charge in [0, 0.05) is 36.4 Å². The molecule has 4 aromatic heterocycles.